The zero-order valence-electron chi connectivity index (χ0n) is 16.7. The minimum absolute atomic E-state index is 0.278. The topological polar surface area (TPSA) is 65.4 Å². The molecule has 4 aromatic rings. The van der Waals surface area contributed by atoms with E-state index in [0.29, 0.717) is 28.4 Å². The number of ether oxygens (including phenoxy) is 2. The normalized spacial score (nSPS) is 10.5. The molecule has 0 radical (unpaired) electrons. The fourth-order valence-electron chi connectivity index (χ4n) is 3.15. The van der Waals surface area contributed by atoms with Gasteiger partial charge in [-0.25, -0.2) is 4.68 Å². The molecule has 0 spiro atoms. The summed E-state index contributed by atoms with van der Waals surface area (Å²) in [5, 5.41) is 7.62. The molecule has 1 amide bonds. The number of para-hydroxylation sites is 1. The van der Waals surface area contributed by atoms with Crippen LogP contribution in [0.15, 0.2) is 85.1 Å². The molecule has 0 unspecified atom stereocenters. The van der Waals surface area contributed by atoms with E-state index in [1.165, 1.54) is 0 Å². The first-order valence-electron chi connectivity index (χ1n) is 9.43. The number of carbonyl (C=O) groups is 1. The van der Waals surface area contributed by atoms with Crippen LogP contribution >= 0.6 is 0 Å². The van der Waals surface area contributed by atoms with Gasteiger partial charge in [-0.1, -0.05) is 48.5 Å². The van der Waals surface area contributed by atoms with E-state index in [4.69, 9.17) is 9.47 Å². The molecule has 150 valence electrons. The Balaban J connectivity index is 1.74. The van der Waals surface area contributed by atoms with E-state index in [-0.39, 0.29) is 5.91 Å². The van der Waals surface area contributed by atoms with Crippen LogP contribution in [0.1, 0.15) is 10.4 Å². The molecular weight excluding hydrogens is 378 g/mol. The summed E-state index contributed by atoms with van der Waals surface area (Å²) in [6.07, 6.45) is 1.74. The van der Waals surface area contributed by atoms with Gasteiger partial charge < -0.3 is 14.8 Å². The molecule has 0 saturated heterocycles. The lowest BCUT2D eigenvalue weighted by atomic mass is 10.1. The number of hydrogen-bond donors (Lipinski definition) is 1. The van der Waals surface area contributed by atoms with Gasteiger partial charge in [0.2, 0.25) is 0 Å². The maximum Gasteiger partial charge on any atom is 0.259 e. The van der Waals surface area contributed by atoms with Gasteiger partial charge in [0, 0.05) is 17.8 Å². The molecule has 30 heavy (non-hydrogen) atoms. The van der Waals surface area contributed by atoms with Gasteiger partial charge in [-0.2, -0.15) is 5.10 Å². The Hall–Kier alpha value is -4.06. The summed E-state index contributed by atoms with van der Waals surface area (Å²) in [6, 6.07) is 24.6. The van der Waals surface area contributed by atoms with Crippen molar-refractivity contribution < 1.29 is 14.3 Å². The van der Waals surface area contributed by atoms with Crippen molar-refractivity contribution in [3.8, 4) is 28.4 Å². The van der Waals surface area contributed by atoms with Crippen LogP contribution < -0.4 is 14.8 Å². The molecule has 6 heteroatoms. The molecule has 0 atom stereocenters. The Morgan fingerprint density at radius 2 is 1.60 bits per heavy atom. The summed E-state index contributed by atoms with van der Waals surface area (Å²) < 4.78 is 12.3. The highest BCUT2D eigenvalue weighted by Gasteiger charge is 2.20. The van der Waals surface area contributed by atoms with Crippen LogP contribution in [0.4, 0.5) is 5.69 Å². The largest absolute Gasteiger partial charge is 0.497 e. The highest BCUT2D eigenvalue weighted by atomic mass is 16.5. The first-order valence-corrected chi connectivity index (χ1v) is 9.43. The number of nitrogens with zero attached hydrogens (tertiary/aromatic N) is 2. The van der Waals surface area contributed by atoms with E-state index in [2.05, 4.69) is 10.4 Å². The highest BCUT2D eigenvalue weighted by Crippen LogP contribution is 2.31. The van der Waals surface area contributed by atoms with Crippen molar-refractivity contribution in [2.75, 3.05) is 19.5 Å². The summed E-state index contributed by atoms with van der Waals surface area (Å²) in [4.78, 5) is 13.2. The molecular formula is C24H21N3O3. The van der Waals surface area contributed by atoms with Crippen molar-refractivity contribution in [3.05, 3.63) is 90.6 Å². The van der Waals surface area contributed by atoms with Gasteiger partial charge in [0.05, 0.1) is 31.2 Å². The number of rotatable bonds is 6. The number of carbonyl (C=O) groups excluding carboxylic acids is 1. The quantitative estimate of drug-likeness (QED) is 0.505. The summed E-state index contributed by atoms with van der Waals surface area (Å²) in [5.74, 6) is 0.880. The summed E-state index contributed by atoms with van der Waals surface area (Å²) in [6.45, 7) is 0. The van der Waals surface area contributed by atoms with Gasteiger partial charge in [0.1, 0.15) is 17.2 Å². The second-order valence-corrected chi connectivity index (χ2v) is 6.56. The maximum atomic E-state index is 13.2. The lowest BCUT2D eigenvalue weighted by Gasteiger charge is -2.11. The summed E-state index contributed by atoms with van der Waals surface area (Å²) >= 11 is 0. The van der Waals surface area contributed by atoms with E-state index < -0.39 is 0 Å². The van der Waals surface area contributed by atoms with Gasteiger partial charge in [0.15, 0.2) is 0 Å². The standard InChI is InChI=1S/C24H21N3O3/c1-29-19-13-14-21(22(15-19)30-2)25-24(28)20-16-27(18-11-7-4-8-12-18)26-23(20)17-9-5-3-6-10-17/h3-16H,1-2H3,(H,25,28). The predicted octanol–water partition coefficient (Wildman–Crippen LogP) is 4.81. The minimum atomic E-state index is -0.278. The number of anilines is 1. The second-order valence-electron chi connectivity index (χ2n) is 6.56. The number of aromatic nitrogens is 2. The molecule has 0 fully saturated rings. The molecule has 0 bridgehead atoms. The van der Waals surface area contributed by atoms with Crippen molar-refractivity contribution in [1.29, 1.82) is 0 Å². The third-order valence-electron chi connectivity index (χ3n) is 4.68. The predicted molar refractivity (Wildman–Crippen MR) is 116 cm³/mol. The first-order chi connectivity index (χ1) is 14.7. The molecule has 0 aliphatic heterocycles. The molecule has 0 saturated carbocycles. The number of methoxy groups -OCH3 is 2. The molecule has 1 heterocycles. The van der Waals surface area contributed by atoms with Gasteiger partial charge in [0.25, 0.3) is 5.91 Å². The average molecular weight is 399 g/mol. The maximum absolute atomic E-state index is 13.2. The van der Waals surface area contributed by atoms with E-state index in [9.17, 15) is 4.79 Å². The van der Waals surface area contributed by atoms with Crippen LogP contribution in [-0.2, 0) is 0 Å². The Morgan fingerprint density at radius 1 is 0.900 bits per heavy atom. The fourth-order valence-corrected chi connectivity index (χ4v) is 3.15. The van der Waals surface area contributed by atoms with E-state index in [0.717, 1.165) is 11.3 Å². The fraction of sp³-hybridized carbons (Fsp3) is 0.0833. The van der Waals surface area contributed by atoms with Gasteiger partial charge >= 0.3 is 0 Å². The van der Waals surface area contributed by atoms with Crippen molar-refractivity contribution in [1.82, 2.24) is 9.78 Å². The zero-order chi connectivity index (χ0) is 20.9. The number of hydrogen-bond acceptors (Lipinski definition) is 4. The van der Waals surface area contributed by atoms with E-state index in [1.807, 2.05) is 60.7 Å². The molecule has 4 rings (SSSR count). The Kier molecular flexibility index (Phi) is 5.48. The van der Waals surface area contributed by atoms with Crippen LogP contribution in [0.3, 0.4) is 0 Å². The van der Waals surface area contributed by atoms with Crippen LogP contribution in [-0.4, -0.2) is 29.9 Å². The summed E-state index contributed by atoms with van der Waals surface area (Å²) in [5.41, 5.74) is 3.34. The molecule has 1 N–H and O–H groups in total. The molecule has 0 aliphatic rings. The molecule has 1 aromatic heterocycles. The van der Waals surface area contributed by atoms with Crippen molar-refractivity contribution in [2.24, 2.45) is 0 Å². The van der Waals surface area contributed by atoms with Crippen molar-refractivity contribution in [2.45, 2.75) is 0 Å². The smallest absolute Gasteiger partial charge is 0.259 e. The number of nitrogens with one attached hydrogen (secondary N) is 1. The van der Waals surface area contributed by atoms with E-state index in [1.54, 1.807) is 43.3 Å². The van der Waals surface area contributed by atoms with Gasteiger partial charge in [-0.05, 0) is 24.3 Å². The van der Waals surface area contributed by atoms with Crippen LogP contribution in [0.25, 0.3) is 16.9 Å². The highest BCUT2D eigenvalue weighted by molar-refractivity contribution is 6.08. The van der Waals surface area contributed by atoms with Crippen LogP contribution in [0.5, 0.6) is 11.5 Å². The minimum Gasteiger partial charge on any atom is -0.497 e. The van der Waals surface area contributed by atoms with Gasteiger partial charge in [-0.15, -0.1) is 0 Å². The molecule has 3 aromatic carbocycles. The molecule has 0 aliphatic carbocycles. The van der Waals surface area contributed by atoms with E-state index >= 15 is 0 Å². The Morgan fingerprint density at radius 3 is 2.27 bits per heavy atom. The average Bonchev–Trinajstić information content (AvgIpc) is 3.26. The lowest BCUT2D eigenvalue weighted by molar-refractivity contribution is 0.102. The monoisotopic (exact) mass is 399 g/mol. The Labute approximate surface area is 174 Å². The first kappa shape index (κ1) is 19.3. The lowest BCUT2D eigenvalue weighted by Crippen LogP contribution is -2.13. The zero-order valence-corrected chi connectivity index (χ0v) is 16.7. The number of benzene rings is 3. The van der Waals surface area contributed by atoms with Crippen molar-refractivity contribution >= 4 is 11.6 Å². The third kappa shape index (κ3) is 3.89. The third-order valence-corrected chi connectivity index (χ3v) is 4.68. The second kappa shape index (κ2) is 8.53. The van der Waals surface area contributed by atoms with Crippen LogP contribution in [0, 0.1) is 0 Å². The van der Waals surface area contributed by atoms with Gasteiger partial charge in [-0.3, -0.25) is 4.79 Å². The van der Waals surface area contributed by atoms with Crippen LogP contribution in [0.2, 0.25) is 0 Å². The number of amides is 1. The Bertz CT molecular complexity index is 1160. The molecule has 6 nitrogen and oxygen atoms in total. The SMILES string of the molecule is COc1ccc(NC(=O)c2cn(-c3ccccc3)nc2-c2ccccc2)c(OC)c1. The summed E-state index contributed by atoms with van der Waals surface area (Å²) in [7, 11) is 3.13. The van der Waals surface area contributed by atoms with Crippen molar-refractivity contribution in [3.63, 3.8) is 0 Å².